The van der Waals surface area contributed by atoms with E-state index in [9.17, 15) is 9.18 Å². The number of carbonyl (C=O) groups is 1. The van der Waals surface area contributed by atoms with E-state index in [4.69, 9.17) is 0 Å². The van der Waals surface area contributed by atoms with Crippen molar-refractivity contribution >= 4 is 11.6 Å². The zero-order valence-electron chi connectivity index (χ0n) is 9.03. The van der Waals surface area contributed by atoms with Crippen LogP contribution in [0.1, 0.15) is 6.92 Å². The Hall–Kier alpha value is -1.49. The number of nitrogens with one attached hydrogen (secondary N) is 2. The van der Waals surface area contributed by atoms with Crippen LogP contribution < -0.4 is 10.6 Å². The third kappa shape index (κ3) is 2.19. The topological polar surface area (TPSA) is 54.0 Å². The van der Waals surface area contributed by atoms with E-state index in [0.29, 0.717) is 6.54 Å². The molecule has 1 fully saturated rings. The highest BCUT2D eigenvalue weighted by Gasteiger charge is 2.29. The number of aromatic nitrogens is 1. The summed E-state index contributed by atoms with van der Waals surface area (Å²) in [6.07, 6.45) is 2.54. The number of hydrogen-bond donors (Lipinski definition) is 2. The quantitative estimate of drug-likeness (QED) is 0.787. The third-order valence-electron chi connectivity index (χ3n) is 2.88. The highest BCUT2D eigenvalue weighted by Crippen LogP contribution is 2.19. The van der Waals surface area contributed by atoms with Gasteiger partial charge in [-0.15, -0.1) is 0 Å². The molecule has 86 valence electrons. The predicted octanol–water partition coefficient (Wildman–Crippen LogP) is 1.01. The molecule has 2 N–H and O–H groups in total. The minimum Gasteiger partial charge on any atom is -0.323 e. The van der Waals surface area contributed by atoms with Gasteiger partial charge < -0.3 is 10.6 Å². The van der Waals surface area contributed by atoms with Crippen LogP contribution in [0.2, 0.25) is 0 Å². The van der Waals surface area contributed by atoms with E-state index in [0.717, 1.165) is 12.7 Å². The van der Waals surface area contributed by atoms with E-state index in [-0.39, 0.29) is 23.4 Å². The molecule has 16 heavy (non-hydrogen) atoms. The van der Waals surface area contributed by atoms with Crippen LogP contribution in [0.4, 0.5) is 10.1 Å². The molecule has 4 nitrogen and oxygen atoms in total. The smallest absolute Gasteiger partial charge is 0.229 e. The van der Waals surface area contributed by atoms with E-state index in [1.54, 1.807) is 0 Å². The third-order valence-corrected chi connectivity index (χ3v) is 2.88. The van der Waals surface area contributed by atoms with Crippen LogP contribution in [0.5, 0.6) is 0 Å². The first-order valence-electron chi connectivity index (χ1n) is 5.29. The summed E-state index contributed by atoms with van der Waals surface area (Å²) >= 11 is 0. The molecule has 2 atom stereocenters. The molecular formula is C11H14FN3O. The van der Waals surface area contributed by atoms with E-state index < -0.39 is 5.82 Å². The van der Waals surface area contributed by atoms with Gasteiger partial charge in [-0.25, -0.2) is 4.39 Å². The van der Waals surface area contributed by atoms with Crippen molar-refractivity contribution in [3.8, 4) is 0 Å². The van der Waals surface area contributed by atoms with Crippen molar-refractivity contribution in [1.82, 2.24) is 10.3 Å². The van der Waals surface area contributed by atoms with Crippen molar-refractivity contribution in [2.75, 3.05) is 18.4 Å². The fourth-order valence-corrected chi connectivity index (χ4v) is 1.86. The Labute approximate surface area is 93.3 Å². The molecule has 1 aromatic heterocycles. The first-order chi connectivity index (χ1) is 7.68. The summed E-state index contributed by atoms with van der Waals surface area (Å²) in [5.41, 5.74) is 0.194. The van der Waals surface area contributed by atoms with Crippen LogP contribution in [-0.2, 0) is 4.79 Å². The lowest BCUT2D eigenvalue weighted by Gasteiger charge is -2.14. The Bertz CT molecular complexity index is 397. The largest absolute Gasteiger partial charge is 0.323 e. The Kier molecular flexibility index (Phi) is 3.14. The average Bonchev–Trinajstić information content (AvgIpc) is 2.68. The van der Waals surface area contributed by atoms with Crippen LogP contribution in [0.25, 0.3) is 0 Å². The van der Waals surface area contributed by atoms with Crippen molar-refractivity contribution in [3.05, 3.63) is 24.3 Å². The zero-order chi connectivity index (χ0) is 11.5. The van der Waals surface area contributed by atoms with E-state index in [2.05, 4.69) is 15.6 Å². The highest BCUT2D eigenvalue weighted by atomic mass is 19.1. The molecule has 1 saturated heterocycles. The lowest BCUT2D eigenvalue weighted by Crippen LogP contribution is -2.28. The fourth-order valence-electron chi connectivity index (χ4n) is 1.86. The van der Waals surface area contributed by atoms with Crippen LogP contribution in [0, 0.1) is 17.7 Å². The van der Waals surface area contributed by atoms with Crippen molar-refractivity contribution in [2.45, 2.75) is 6.92 Å². The number of pyridine rings is 1. The molecule has 2 rings (SSSR count). The van der Waals surface area contributed by atoms with Crippen molar-refractivity contribution in [1.29, 1.82) is 0 Å². The lowest BCUT2D eigenvalue weighted by atomic mass is 9.97. The normalized spacial score (nSPS) is 24.4. The Morgan fingerprint density at radius 2 is 2.44 bits per heavy atom. The summed E-state index contributed by atoms with van der Waals surface area (Å²) < 4.78 is 13.2. The SMILES string of the molecule is CC1CNCC1C(=O)Nc1ccncc1F. The second kappa shape index (κ2) is 4.57. The first kappa shape index (κ1) is 11.0. The van der Waals surface area contributed by atoms with Gasteiger partial charge in [-0.05, 0) is 18.5 Å². The summed E-state index contributed by atoms with van der Waals surface area (Å²) in [4.78, 5) is 15.5. The monoisotopic (exact) mass is 223 g/mol. The summed E-state index contributed by atoms with van der Waals surface area (Å²) in [6, 6.07) is 1.46. The number of carbonyl (C=O) groups excluding carboxylic acids is 1. The molecule has 5 heteroatoms. The van der Waals surface area contributed by atoms with Crippen LogP contribution in [0.15, 0.2) is 18.5 Å². The van der Waals surface area contributed by atoms with Gasteiger partial charge in [-0.3, -0.25) is 9.78 Å². The Balaban J connectivity index is 2.05. The molecule has 1 aliphatic rings. The molecule has 0 spiro atoms. The minimum atomic E-state index is -0.505. The van der Waals surface area contributed by atoms with Crippen molar-refractivity contribution < 1.29 is 9.18 Å². The second-order valence-electron chi connectivity index (χ2n) is 4.09. The lowest BCUT2D eigenvalue weighted by molar-refractivity contribution is -0.120. The predicted molar refractivity (Wildman–Crippen MR) is 58.3 cm³/mol. The minimum absolute atomic E-state index is 0.0902. The summed E-state index contributed by atoms with van der Waals surface area (Å²) in [6.45, 7) is 3.49. The fraction of sp³-hybridized carbons (Fsp3) is 0.455. The van der Waals surface area contributed by atoms with E-state index in [1.807, 2.05) is 6.92 Å². The van der Waals surface area contributed by atoms with Crippen LogP contribution >= 0.6 is 0 Å². The van der Waals surface area contributed by atoms with Gasteiger partial charge >= 0.3 is 0 Å². The van der Waals surface area contributed by atoms with Crippen LogP contribution in [-0.4, -0.2) is 24.0 Å². The summed E-state index contributed by atoms with van der Waals surface area (Å²) in [7, 11) is 0. The molecule has 1 amide bonds. The molecule has 1 aliphatic heterocycles. The molecule has 0 saturated carbocycles. The van der Waals surface area contributed by atoms with Crippen molar-refractivity contribution in [2.24, 2.45) is 11.8 Å². The van der Waals surface area contributed by atoms with Gasteiger partial charge in [0, 0.05) is 12.7 Å². The molecule has 2 unspecified atom stereocenters. The van der Waals surface area contributed by atoms with Gasteiger partial charge in [-0.1, -0.05) is 6.92 Å². The molecule has 0 bridgehead atoms. The highest BCUT2D eigenvalue weighted by molar-refractivity contribution is 5.93. The van der Waals surface area contributed by atoms with Gasteiger partial charge in [-0.2, -0.15) is 0 Å². The summed E-state index contributed by atoms with van der Waals surface area (Å²) in [5.74, 6) is -0.450. The number of halogens is 1. The number of nitrogens with zero attached hydrogens (tertiary/aromatic N) is 1. The Morgan fingerprint density at radius 1 is 1.62 bits per heavy atom. The standard InChI is InChI=1S/C11H14FN3O/c1-7-4-14-5-8(7)11(16)15-10-2-3-13-6-9(10)12/h2-3,6-8,14H,4-5H2,1H3,(H,13,15,16). The van der Waals surface area contributed by atoms with Crippen molar-refractivity contribution in [3.63, 3.8) is 0 Å². The maximum Gasteiger partial charge on any atom is 0.229 e. The van der Waals surface area contributed by atoms with E-state index >= 15 is 0 Å². The second-order valence-corrected chi connectivity index (χ2v) is 4.09. The molecule has 0 aliphatic carbocycles. The number of hydrogen-bond acceptors (Lipinski definition) is 3. The summed E-state index contributed by atoms with van der Waals surface area (Å²) in [5, 5.41) is 5.73. The molecule has 1 aromatic rings. The maximum absolute atomic E-state index is 13.2. The molecular weight excluding hydrogens is 209 g/mol. The molecule has 0 aromatic carbocycles. The van der Waals surface area contributed by atoms with E-state index in [1.165, 1.54) is 12.3 Å². The van der Waals surface area contributed by atoms with Gasteiger partial charge in [0.1, 0.15) is 0 Å². The van der Waals surface area contributed by atoms with Gasteiger partial charge in [0.15, 0.2) is 5.82 Å². The number of anilines is 1. The first-order valence-corrected chi connectivity index (χ1v) is 5.29. The number of rotatable bonds is 2. The van der Waals surface area contributed by atoms with Gasteiger partial charge in [0.05, 0.1) is 17.8 Å². The Morgan fingerprint density at radius 3 is 3.06 bits per heavy atom. The number of amides is 1. The zero-order valence-corrected chi connectivity index (χ0v) is 9.03. The average molecular weight is 223 g/mol. The molecule has 2 heterocycles. The van der Waals surface area contributed by atoms with Crippen LogP contribution in [0.3, 0.4) is 0 Å². The molecule has 0 radical (unpaired) electrons. The van der Waals surface area contributed by atoms with Gasteiger partial charge in [0.2, 0.25) is 5.91 Å². The maximum atomic E-state index is 13.2. The van der Waals surface area contributed by atoms with Gasteiger partial charge in [0.25, 0.3) is 0 Å².